The highest BCUT2D eigenvalue weighted by molar-refractivity contribution is 8.01. The molecule has 4 nitrogen and oxygen atoms in total. The summed E-state index contributed by atoms with van der Waals surface area (Å²) in [6.07, 6.45) is -0.436. The van der Waals surface area contributed by atoms with Gasteiger partial charge in [0.25, 0.3) is 0 Å². The van der Waals surface area contributed by atoms with E-state index < -0.39 is 6.10 Å². The molecule has 0 aliphatic heterocycles. The lowest BCUT2D eigenvalue weighted by molar-refractivity contribution is -0.115. The summed E-state index contributed by atoms with van der Waals surface area (Å²) in [5.74, 6) is -0.0776. The summed E-state index contributed by atoms with van der Waals surface area (Å²) in [4.78, 5) is 12.1. The number of hydrogen-bond donors (Lipinski definition) is 3. The van der Waals surface area contributed by atoms with Crippen LogP contribution in [0.1, 0.15) is 26.3 Å². The smallest absolute Gasteiger partial charge is 0.237 e. The number of carbonyl (C=O) groups is 1. The minimum atomic E-state index is -0.436. The topological polar surface area (TPSA) is 75.3 Å². The Morgan fingerprint density at radius 1 is 1.37 bits per heavy atom. The molecule has 0 spiro atoms. The molecule has 0 aliphatic rings. The first-order valence-corrected chi connectivity index (χ1v) is 7.26. The molecule has 0 saturated heterocycles. The van der Waals surface area contributed by atoms with Gasteiger partial charge < -0.3 is 16.2 Å². The van der Waals surface area contributed by atoms with Crippen LogP contribution < -0.4 is 11.1 Å². The Labute approximate surface area is 118 Å². The zero-order valence-corrected chi connectivity index (χ0v) is 12.6. The average Bonchev–Trinajstić information content (AvgIpc) is 2.33. The van der Waals surface area contributed by atoms with E-state index in [0.29, 0.717) is 5.69 Å². The number of benzene rings is 1. The van der Waals surface area contributed by atoms with Crippen molar-refractivity contribution in [2.24, 2.45) is 0 Å². The Balaban J connectivity index is 2.66. The molecule has 0 radical (unpaired) electrons. The fraction of sp³-hybridized carbons (Fsp3) is 0.500. The maximum atomic E-state index is 12.1. The first-order chi connectivity index (χ1) is 8.81. The molecular formula is C14H22N2O2S. The number of amides is 1. The van der Waals surface area contributed by atoms with Crippen LogP contribution in [-0.4, -0.2) is 27.6 Å². The fourth-order valence-electron chi connectivity index (χ4n) is 1.51. The number of nitrogen functional groups attached to an aromatic ring is 1. The van der Waals surface area contributed by atoms with Crippen molar-refractivity contribution in [3.8, 4) is 0 Å². The van der Waals surface area contributed by atoms with Crippen molar-refractivity contribution >= 4 is 29.0 Å². The second-order valence-electron chi connectivity index (χ2n) is 4.79. The van der Waals surface area contributed by atoms with Crippen LogP contribution in [0.5, 0.6) is 0 Å². The summed E-state index contributed by atoms with van der Waals surface area (Å²) in [5.41, 5.74) is 8.05. The lowest BCUT2D eigenvalue weighted by Gasteiger charge is -2.19. The lowest BCUT2D eigenvalue weighted by Crippen LogP contribution is -2.27. The van der Waals surface area contributed by atoms with Gasteiger partial charge in [-0.15, -0.1) is 11.8 Å². The monoisotopic (exact) mass is 282 g/mol. The summed E-state index contributed by atoms with van der Waals surface area (Å²) >= 11 is 1.45. The molecule has 3 atom stereocenters. The molecule has 0 fully saturated rings. The number of nitrogens with one attached hydrogen (secondary N) is 1. The minimum absolute atomic E-state index is 0.0164. The summed E-state index contributed by atoms with van der Waals surface area (Å²) in [6, 6.07) is 5.43. The molecule has 1 amide bonds. The van der Waals surface area contributed by atoms with E-state index in [4.69, 9.17) is 5.73 Å². The highest BCUT2D eigenvalue weighted by Crippen LogP contribution is 2.23. The second kappa shape index (κ2) is 6.82. The largest absolute Gasteiger partial charge is 0.399 e. The number of hydrogen-bond acceptors (Lipinski definition) is 4. The summed E-state index contributed by atoms with van der Waals surface area (Å²) in [7, 11) is 0. The maximum absolute atomic E-state index is 12.1. The Bertz CT molecular complexity index is 449. The van der Waals surface area contributed by atoms with Crippen molar-refractivity contribution in [2.45, 2.75) is 44.3 Å². The normalized spacial score (nSPS) is 15.6. The molecule has 3 unspecified atom stereocenters. The van der Waals surface area contributed by atoms with Gasteiger partial charge in [-0.2, -0.15) is 0 Å². The SMILES string of the molecule is Cc1ccc(N)cc1NC(=O)C(C)SC(C)C(C)O. The number of aliphatic hydroxyl groups is 1. The molecule has 0 heterocycles. The summed E-state index contributed by atoms with van der Waals surface area (Å²) in [5, 5.41) is 12.1. The van der Waals surface area contributed by atoms with E-state index in [1.54, 1.807) is 19.1 Å². The predicted molar refractivity (Wildman–Crippen MR) is 82.4 cm³/mol. The first-order valence-electron chi connectivity index (χ1n) is 6.31. The van der Waals surface area contributed by atoms with Crippen molar-refractivity contribution in [3.05, 3.63) is 23.8 Å². The van der Waals surface area contributed by atoms with Crippen molar-refractivity contribution in [1.29, 1.82) is 0 Å². The van der Waals surface area contributed by atoms with Gasteiger partial charge in [0.2, 0.25) is 5.91 Å². The van der Waals surface area contributed by atoms with E-state index in [-0.39, 0.29) is 16.4 Å². The number of anilines is 2. The quantitative estimate of drug-likeness (QED) is 0.725. The third-order valence-electron chi connectivity index (χ3n) is 2.99. The minimum Gasteiger partial charge on any atom is -0.399 e. The van der Waals surface area contributed by atoms with Crippen LogP contribution in [0.15, 0.2) is 18.2 Å². The van der Waals surface area contributed by atoms with Gasteiger partial charge in [0.1, 0.15) is 0 Å². The third kappa shape index (κ3) is 4.76. The number of carbonyl (C=O) groups excluding carboxylic acids is 1. The molecule has 19 heavy (non-hydrogen) atoms. The van der Waals surface area contributed by atoms with Crippen molar-refractivity contribution in [3.63, 3.8) is 0 Å². The molecule has 4 N–H and O–H groups in total. The standard InChI is InChI=1S/C14H22N2O2S/c1-8-5-6-12(15)7-13(8)16-14(18)11(4)19-10(3)9(2)17/h5-7,9-11,17H,15H2,1-4H3,(H,16,18). The Morgan fingerprint density at radius 2 is 2.00 bits per heavy atom. The molecule has 0 aromatic heterocycles. The zero-order valence-electron chi connectivity index (χ0n) is 11.8. The van der Waals surface area contributed by atoms with Gasteiger partial charge in [0, 0.05) is 16.6 Å². The van der Waals surface area contributed by atoms with Crippen LogP contribution >= 0.6 is 11.8 Å². The van der Waals surface area contributed by atoms with Crippen LogP contribution in [0.4, 0.5) is 11.4 Å². The van der Waals surface area contributed by atoms with E-state index in [1.165, 1.54) is 11.8 Å². The van der Waals surface area contributed by atoms with Crippen molar-refractivity contribution in [2.75, 3.05) is 11.1 Å². The van der Waals surface area contributed by atoms with Crippen LogP contribution in [0.25, 0.3) is 0 Å². The molecular weight excluding hydrogens is 260 g/mol. The lowest BCUT2D eigenvalue weighted by atomic mass is 10.2. The van der Waals surface area contributed by atoms with Crippen LogP contribution in [0.2, 0.25) is 0 Å². The van der Waals surface area contributed by atoms with Crippen LogP contribution in [0.3, 0.4) is 0 Å². The van der Waals surface area contributed by atoms with Crippen molar-refractivity contribution in [1.82, 2.24) is 0 Å². The van der Waals surface area contributed by atoms with E-state index in [0.717, 1.165) is 11.3 Å². The maximum Gasteiger partial charge on any atom is 0.237 e. The van der Waals surface area contributed by atoms with Gasteiger partial charge in [-0.3, -0.25) is 4.79 Å². The van der Waals surface area contributed by atoms with E-state index in [2.05, 4.69) is 5.32 Å². The number of aryl methyl sites for hydroxylation is 1. The van der Waals surface area contributed by atoms with Crippen LogP contribution in [-0.2, 0) is 4.79 Å². The van der Waals surface area contributed by atoms with Gasteiger partial charge >= 0.3 is 0 Å². The van der Waals surface area contributed by atoms with Crippen LogP contribution in [0, 0.1) is 6.92 Å². The molecule has 0 bridgehead atoms. The number of nitrogens with two attached hydrogens (primary N) is 1. The summed E-state index contributed by atoms with van der Waals surface area (Å²) in [6.45, 7) is 7.39. The Hall–Kier alpha value is -1.20. The molecule has 1 aromatic rings. The van der Waals surface area contributed by atoms with E-state index >= 15 is 0 Å². The molecule has 5 heteroatoms. The van der Waals surface area contributed by atoms with E-state index in [1.807, 2.05) is 26.8 Å². The first kappa shape index (κ1) is 15.9. The predicted octanol–water partition coefficient (Wildman–Crippen LogP) is 2.41. The van der Waals surface area contributed by atoms with Gasteiger partial charge in [-0.05, 0) is 38.5 Å². The molecule has 1 aromatic carbocycles. The van der Waals surface area contributed by atoms with Gasteiger partial charge in [-0.1, -0.05) is 13.0 Å². The van der Waals surface area contributed by atoms with Gasteiger partial charge in [-0.25, -0.2) is 0 Å². The highest BCUT2D eigenvalue weighted by Gasteiger charge is 2.20. The number of aliphatic hydroxyl groups excluding tert-OH is 1. The third-order valence-corrected chi connectivity index (χ3v) is 4.43. The molecule has 0 saturated carbocycles. The molecule has 0 aliphatic carbocycles. The van der Waals surface area contributed by atoms with Crippen molar-refractivity contribution < 1.29 is 9.90 Å². The Kier molecular flexibility index (Phi) is 5.69. The number of thioether (sulfide) groups is 1. The molecule has 106 valence electrons. The van der Waals surface area contributed by atoms with Gasteiger partial charge in [0.15, 0.2) is 0 Å². The fourth-order valence-corrected chi connectivity index (χ4v) is 2.56. The summed E-state index contributed by atoms with van der Waals surface area (Å²) < 4.78 is 0. The van der Waals surface area contributed by atoms with Gasteiger partial charge in [0.05, 0.1) is 11.4 Å². The highest BCUT2D eigenvalue weighted by atomic mass is 32.2. The van der Waals surface area contributed by atoms with E-state index in [9.17, 15) is 9.90 Å². The zero-order chi connectivity index (χ0) is 14.6. The second-order valence-corrected chi connectivity index (χ2v) is 6.51. The Morgan fingerprint density at radius 3 is 2.58 bits per heavy atom. The molecule has 1 rings (SSSR count). The average molecular weight is 282 g/mol. The number of rotatable bonds is 5.